The number of pyridine rings is 1. The van der Waals surface area contributed by atoms with Crippen LogP contribution in [0.5, 0.6) is 0 Å². The summed E-state index contributed by atoms with van der Waals surface area (Å²) in [6.07, 6.45) is 3.00. The first kappa shape index (κ1) is 13.2. The normalized spacial score (nSPS) is 11.8. The van der Waals surface area contributed by atoms with Crippen LogP contribution in [0, 0.1) is 0 Å². The Morgan fingerprint density at radius 3 is 2.05 bits per heavy atom. The number of hydrogen-bond donors (Lipinski definition) is 2. The van der Waals surface area contributed by atoms with Gasteiger partial charge < -0.3 is 5.11 Å². The quantitative estimate of drug-likeness (QED) is 0.835. The molecule has 1 unspecified atom stereocenters. The van der Waals surface area contributed by atoms with E-state index in [0.29, 0.717) is 11.4 Å². The van der Waals surface area contributed by atoms with Gasteiger partial charge in [-0.05, 0) is 36.4 Å². The van der Waals surface area contributed by atoms with Crippen molar-refractivity contribution in [1.82, 2.24) is 4.98 Å². The van der Waals surface area contributed by atoms with Gasteiger partial charge in [0, 0.05) is 12.4 Å². The fourth-order valence-corrected chi connectivity index (χ4v) is 2.15. The summed E-state index contributed by atoms with van der Waals surface area (Å²) in [5.74, 6) is -1.05. The molecule has 1 heterocycles. The Kier molecular flexibility index (Phi) is 3.88. The molecule has 0 aliphatic carbocycles. The smallest absolute Gasteiger partial charge is 0.335 e. The van der Waals surface area contributed by atoms with E-state index in [1.807, 2.05) is 0 Å². The molecule has 2 N–H and O–H groups in total. The van der Waals surface area contributed by atoms with Crippen LogP contribution >= 0.6 is 0 Å². The number of aromatic carboxylic acids is 1. The zero-order valence-electron chi connectivity index (χ0n) is 9.63. The maximum atomic E-state index is 11.4. The van der Waals surface area contributed by atoms with Crippen molar-refractivity contribution in [3.8, 4) is 0 Å². The lowest BCUT2D eigenvalue weighted by Crippen LogP contribution is -2.19. The standard InChI is InChI=1S/C12H10N2O4S/c15-12(16)9-1-3-10(4-2-9)14(19(17)18)11-5-7-13-8-6-11/h1-8H,(H,15,16)(H,17,18). The van der Waals surface area contributed by atoms with Gasteiger partial charge in [-0.3, -0.25) is 9.54 Å². The second kappa shape index (κ2) is 5.59. The van der Waals surface area contributed by atoms with Gasteiger partial charge in [0.2, 0.25) is 0 Å². The number of rotatable bonds is 4. The van der Waals surface area contributed by atoms with E-state index in [9.17, 15) is 13.6 Å². The fraction of sp³-hybridized carbons (Fsp3) is 0. The van der Waals surface area contributed by atoms with E-state index >= 15 is 0 Å². The number of carbonyl (C=O) groups is 1. The van der Waals surface area contributed by atoms with Crippen molar-refractivity contribution >= 4 is 28.6 Å². The summed E-state index contributed by atoms with van der Waals surface area (Å²) >= 11 is -2.26. The topological polar surface area (TPSA) is 90.7 Å². The van der Waals surface area contributed by atoms with Crippen molar-refractivity contribution < 1.29 is 18.7 Å². The fourth-order valence-electron chi connectivity index (χ4n) is 1.55. The zero-order chi connectivity index (χ0) is 13.8. The molecule has 0 aliphatic heterocycles. The first-order valence-corrected chi connectivity index (χ1v) is 6.30. The van der Waals surface area contributed by atoms with Gasteiger partial charge in [-0.25, -0.2) is 13.3 Å². The summed E-state index contributed by atoms with van der Waals surface area (Å²) in [4.78, 5) is 14.6. The Morgan fingerprint density at radius 1 is 1.05 bits per heavy atom. The third kappa shape index (κ3) is 2.95. The average molecular weight is 278 g/mol. The predicted molar refractivity (Wildman–Crippen MR) is 70.5 cm³/mol. The van der Waals surface area contributed by atoms with Crippen molar-refractivity contribution in [3.63, 3.8) is 0 Å². The highest BCUT2D eigenvalue weighted by molar-refractivity contribution is 7.81. The van der Waals surface area contributed by atoms with E-state index in [4.69, 9.17) is 5.11 Å². The molecular formula is C12H10N2O4S. The van der Waals surface area contributed by atoms with Gasteiger partial charge in [0.25, 0.3) is 11.3 Å². The number of carboxylic acid groups (broad SMARTS) is 1. The zero-order valence-corrected chi connectivity index (χ0v) is 10.4. The molecular weight excluding hydrogens is 268 g/mol. The highest BCUT2D eigenvalue weighted by atomic mass is 32.2. The summed E-state index contributed by atoms with van der Waals surface area (Å²) in [5.41, 5.74) is 1.01. The van der Waals surface area contributed by atoms with Crippen LogP contribution < -0.4 is 4.31 Å². The summed E-state index contributed by atoms with van der Waals surface area (Å²) in [6, 6.07) is 8.85. The molecule has 1 aromatic carbocycles. The predicted octanol–water partition coefficient (Wildman–Crippen LogP) is 2.05. The van der Waals surface area contributed by atoms with E-state index in [1.165, 1.54) is 36.7 Å². The Balaban J connectivity index is 2.40. The minimum absolute atomic E-state index is 0.113. The number of carboxylic acids is 1. The molecule has 2 aromatic rings. The van der Waals surface area contributed by atoms with Crippen molar-refractivity contribution in [1.29, 1.82) is 0 Å². The Labute approximate surface area is 111 Å². The SMILES string of the molecule is O=C(O)c1ccc(N(c2ccncc2)S(=O)O)cc1. The highest BCUT2D eigenvalue weighted by Crippen LogP contribution is 2.26. The molecule has 0 fully saturated rings. The molecule has 0 radical (unpaired) electrons. The Hall–Kier alpha value is -2.25. The van der Waals surface area contributed by atoms with Gasteiger partial charge >= 0.3 is 5.97 Å². The lowest BCUT2D eigenvalue weighted by molar-refractivity contribution is 0.0697. The Morgan fingerprint density at radius 2 is 1.58 bits per heavy atom. The summed E-state index contributed by atoms with van der Waals surface area (Å²) in [6.45, 7) is 0. The molecule has 0 spiro atoms. The molecule has 0 saturated heterocycles. The minimum atomic E-state index is -2.26. The number of nitrogens with zero attached hydrogens (tertiary/aromatic N) is 2. The van der Waals surface area contributed by atoms with Crippen LogP contribution in [-0.2, 0) is 11.3 Å². The number of hydrogen-bond acceptors (Lipinski definition) is 3. The van der Waals surface area contributed by atoms with Gasteiger partial charge in [-0.2, -0.15) is 0 Å². The lowest BCUT2D eigenvalue weighted by atomic mass is 10.2. The molecule has 19 heavy (non-hydrogen) atoms. The molecule has 0 bridgehead atoms. The molecule has 7 heteroatoms. The van der Waals surface area contributed by atoms with Gasteiger partial charge in [0.15, 0.2) is 0 Å². The van der Waals surface area contributed by atoms with Gasteiger partial charge in [-0.15, -0.1) is 0 Å². The number of aromatic nitrogens is 1. The number of benzene rings is 1. The second-order valence-corrected chi connectivity index (χ2v) is 4.41. The average Bonchev–Trinajstić information content (AvgIpc) is 2.40. The van der Waals surface area contributed by atoms with E-state index in [-0.39, 0.29) is 5.56 Å². The first-order chi connectivity index (χ1) is 9.09. The van der Waals surface area contributed by atoms with Crippen molar-refractivity contribution in [3.05, 3.63) is 54.4 Å². The maximum absolute atomic E-state index is 11.4. The molecule has 0 saturated carbocycles. The monoisotopic (exact) mass is 278 g/mol. The third-order valence-corrected chi connectivity index (χ3v) is 3.14. The summed E-state index contributed by atoms with van der Waals surface area (Å²) in [5, 5.41) is 8.81. The van der Waals surface area contributed by atoms with E-state index in [0.717, 1.165) is 4.31 Å². The maximum Gasteiger partial charge on any atom is 0.335 e. The van der Waals surface area contributed by atoms with Crippen LogP contribution in [0.1, 0.15) is 10.4 Å². The van der Waals surface area contributed by atoms with Crippen LogP contribution in [0.25, 0.3) is 0 Å². The number of anilines is 2. The highest BCUT2D eigenvalue weighted by Gasteiger charge is 2.15. The van der Waals surface area contributed by atoms with Gasteiger partial charge in [0.1, 0.15) is 0 Å². The van der Waals surface area contributed by atoms with Crippen LogP contribution in [0.3, 0.4) is 0 Å². The van der Waals surface area contributed by atoms with E-state index in [1.54, 1.807) is 12.1 Å². The van der Waals surface area contributed by atoms with Crippen molar-refractivity contribution in [2.75, 3.05) is 4.31 Å². The molecule has 6 nitrogen and oxygen atoms in total. The second-order valence-electron chi connectivity index (χ2n) is 3.58. The molecule has 0 amide bonds. The summed E-state index contributed by atoms with van der Waals surface area (Å²) < 4.78 is 21.9. The molecule has 2 rings (SSSR count). The molecule has 1 atom stereocenters. The Bertz CT molecular complexity index is 601. The van der Waals surface area contributed by atoms with Crippen molar-refractivity contribution in [2.45, 2.75) is 0 Å². The van der Waals surface area contributed by atoms with E-state index < -0.39 is 17.2 Å². The molecule has 98 valence electrons. The van der Waals surface area contributed by atoms with Gasteiger partial charge in [-0.1, -0.05) is 0 Å². The van der Waals surface area contributed by atoms with Gasteiger partial charge in [0.05, 0.1) is 16.9 Å². The molecule has 0 aliphatic rings. The first-order valence-electron chi connectivity index (χ1n) is 5.24. The van der Waals surface area contributed by atoms with Crippen LogP contribution in [-0.4, -0.2) is 24.8 Å². The largest absolute Gasteiger partial charge is 0.478 e. The lowest BCUT2D eigenvalue weighted by Gasteiger charge is -2.19. The third-order valence-electron chi connectivity index (χ3n) is 2.40. The minimum Gasteiger partial charge on any atom is -0.478 e. The van der Waals surface area contributed by atoms with Crippen molar-refractivity contribution in [2.24, 2.45) is 0 Å². The van der Waals surface area contributed by atoms with E-state index in [2.05, 4.69) is 4.98 Å². The molecule has 1 aromatic heterocycles. The summed E-state index contributed by atoms with van der Waals surface area (Å²) in [7, 11) is 0. The van der Waals surface area contributed by atoms with Crippen LogP contribution in [0.15, 0.2) is 48.8 Å². The van der Waals surface area contributed by atoms with Crippen LogP contribution in [0.4, 0.5) is 11.4 Å². The van der Waals surface area contributed by atoms with Crippen LogP contribution in [0.2, 0.25) is 0 Å².